The van der Waals surface area contributed by atoms with Crippen LogP contribution in [0.25, 0.3) is 6.08 Å². The minimum atomic E-state index is -0.124. The molecule has 4 rings (SSSR count). The van der Waals surface area contributed by atoms with Crippen LogP contribution in [0.2, 0.25) is 10.0 Å². The largest absolute Gasteiger partial charge is 0.339 e. The minimum Gasteiger partial charge on any atom is -0.339 e. The smallest absolute Gasteiger partial charge is 0.246 e. The number of halogens is 2. The van der Waals surface area contributed by atoms with Crippen LogP contribution >= 0.6 is 23.2 Å². The quantitative estimate of drug-likeness (QED) is 0.442. The first-order valence-electron chi connectivity index (χ1n) is 10.8. The Hall–Kier alpha value is -2.63. The van der Waals surface area contributed by atoms with Gasteiger partial charge in [0.05, 0.1) is 10.0 Å². The fourth-order valence-electron chi connectivity index (χ4n) is 4.21. The van der Waals surface area contributed by atoms with Crippen LogP contribution in [0, 0.1) is 5.92 Å². The lowest BCUT2D eigenvalue weighted by molar-refractivity contribution is -0.127. The molecule has 0 aliphatic carbocycles. The Balaban J connectivity index is 1.30. The summed E-state index contributed by atoms with van der Waals surface area (Å²) in [6.07, 6.45) is 6.09. The van der Waals surface area contributed by atoms with Gasteiger partial charge in [0.25, 0.3) is 0 Å². The number of hydrogen-bond donors (Lipinski definition) is 0. The molecule has 2 aromatic rings. The van der Waals surface area contributed by atoms with Crippen LogP contribution in [-0.4, -0.2) is 42.1 Å². The zero-order valence-electron chi connectivity index (χ0n) is 17.6. The molecule has 2 aliphatic heterocycles. The molecule has 32 heavy (non-hydrogen) atoms. The van der Waals surface area contributed by atoms with E-state index >= 15 is 0 Å². The van der Waals surface area contributed by atoms with Gasteiger partial charge in [0.1, 0.15) is 0 Å². The van der Waals surface area contributed by atoms with E-state index in [9.17, 15) is 14.4 Å². The molecule has 0 bridgehead atoms. The van der Waals surface area contributed by atoms with Crippen molar-refractivity contribution in [1.82, 2.24) is 4.90 Å². The topological polar surface area (TPSA) is 57.7 Å². The number of ketones is 1. The van der Waals surface area contributed by atoms with Crippen molar-refractivity contribution >= 4 is 52.6 Å². The van der Waals surface area contributed by atoms with Gasteiger partial charge in [-0.25, -0.2) is 0 Å². The number of carbonyl (C=O) groups excluding carboxylic acids is 3. The van der Waals surface area contributed by atoms with Crippen molar-refractivity contribution in [2.75, 3.05) is 24.5 Å². The van der Waals surface area contributed by atoms with Crippen LogP contribution in [0.4, 0.5) is 5.69 Å². The van der Waals surface area contributed by atoms with Crippen molar-refractivity contribution < 1.29 is 14.4 Å². The number of anilines is 1. The average Bonchev–Trinajstić information content (AvgIpc) is 3.25. The highest BCUT2D eigenvalue weighted by molar-refractivity contribution is 6.42. The summed E-state index contributed by atoms with van der Waals surface area (Å²) in [5.74, 6) is 0.0117. The molecule has 0 aromatic heterocycles. The second-order valence-electron chi connectivity index (χ2n) is 8.17. The predicted molar refractivity (Wildman–Crippen MR) is 127 cm³/mol. The third-order valence-corrected chi connectivity index (χ3v) is 6.82. The third-order valence-electron chi connectivity index (χ3n) is 6.08. The summed E-state index contributed by atoms with van der Waals surface area (Å²) in [6, 6.07) is 12.6. The van der Waals surface area contributed by atoms with Gasteiger partial charge in [-0.05, 0) is 61.2 Å². The number of hydrogen-bond acceptors (Lipinski definition) is 3. The normalized spacial score (nSPS) is 17.4. The van der Waals surface area contributed by atoms with E-state index in [1.807, 2.05) is 24.3 Å². The molecule has 0 atom stereocenters. The van der Waals surface area contributed by atoms with E-state index in [1.54, 1.807) is 40.2 Å². The van der Waals surface area contributed by atoms with Crippen molar-refractivity contribution in [2.24, 2.45) is 5.92 Å². The van der Waals surface area contributed by atoms with Gasteiger partial charge in [-0.2, -0.15) is 0 Å². The first kappa shape index (κ1) is 22.6. The molecule has 0 radical (unpaired) electrons. The number of carbonyl (C=O) groups is 3. The number of rotatable bonds is 5. The fraction of sp³-hybridized carbons (Fsp3) is 0.320. The molecule has 7 heteroatoms. The lowest BCUT2D eigenvalue weighted by Crippen LogP contribution is -2.39. The van der Waals surface area contributed by atoms with E-state index in [0.717, 1.165) is 24.2 Å². The second kappa shape index (κ2) is 9.88. The highest BCUT2D eigenvalue weighted by Gasteiger charge is 2.27. The molecule has 2 heterocycles. The molecular formula is C25H24Cl2N2O3. The van der Waals surface area contributed by atoms with Crippen LogP contribution in [0.15, 0.2) is 48.5 Å². The van der Waals surface area contributed by atoms with Crippen molar-refractivity contribution in [3.8, 4) is 0 Å². The molecule has 0 spiro atoms. The van der Waals surface area contributed by atoms with E-state index in [0.29, 0.717) is 48.0 Å². The summed E-state index contributed by atoms with van der Waals surface area (Å²) in [6.45, 7) is 1.84. The fourth-order valence-corrected chi connectivity index (χ4v) is 4.50. The Morgan fingerprint density at radius 2 is 1.66 bits per heavy atom. The van der Waals surface area contributed by atoms with Crippen molar-refractivity contribution in [1.29, 1.82) is 0 Å². The number of benzene rings is 2. The van der Waals surface area contributed by atoms with E-state index in [-0.39, 0.29) is 23.5 Å². The van der Waals surface area contributed by atoms with Gasteiger partial charge in [-0.3, -0.25) is 14.4 Å². The van der Waals surface area contributed by atoms with E-state index in [1.165, 1.54) is 0 Å². The van der Waals surface area contributed by atoms with Gasteiger partial charge in [-0.15, -0.1) is 0 Å². The Kier molecular flexibility index (Phi) is 6.97. The van der Waals surface area contributed by atoms with Gasteiger partial charge >= 0.3 is 0 Å². The summed E-state index contributed by atoms with van der Waals surface area (Å²) >= 11 is 12.0. The van der Waals surface area contributed by atoms with Crippen LogP contribution in [0.1, 0.15) is 41.6 Å². The zero-order valence-corrected chi connectivity index (χ0v) is 19.1. The average molecular weight is 471 g/mol. The minimum absolute atomic E-state index is 0.0442. The summed E-state index contributed by atoms with van der Waals surface area (Å²) in [5.41, 5.74) is 2.35. The molecule has 2 aromatic carbocycles. The first-order valence-corrected chi connectivity index (χ1v) is 11.5. The van der Waals surface area contributed by atoms with Gasteiger partial charge in [0.15, 0.2) is 5.78 Å². The van der Waals surface area contributed by atoms with E-state index < -0.39 is 0 Å². The summed E-state index contributed by atoms with van der Waals surface area (Å²) in [7, 11) is 0. The standard InChI is InChI=1S/C25H24Cl2N2O3/c26-21-9-6-19(16-22(21)27)25(32)18-11-14-28(15-12-18)23(30)10-5-17-3-7-20(8-4-17)29-13-1-2-24(29)31/h3-10,16,18H,1-2,11-15H2. The maximum Gasteiger partial charge on any atom is 0.246 e. The molecular weight excluding hydrogens is 447 g/mol. The highest BCUT2D eigenvalue weighted by atomic mass is 35.5. The van der Waals surface area contributed by atoms with Crippen LogP contribution < -0.4 is 4.90 Å². The molecule has 2 fully saturated rings. The molecule has 2 saturated heterocycles. The van der Waals surface area contributed by atoms with Crippen molar-refractivity contribution in [3.63, 3.8) is 0 Å². The van der Waals surface area contributed by atoms with Crippen molar-refractivity contribution in [3.05, 3.63) is 69.7 Å². The Labute approximate surface area is 197 Å². The van der Waals surface area contributed by atoms with Crippen LogP contribution in [-0.2, 0) is 9.59 Å². The molecule has 0 unspecified atom stereocenters. The zero-order chi connectivity index (χ0) is 22.7. The van der Waals surface area contributed by atoms with E-state index in [2.05, 4.69) is 0 Å². The molecule has 2 aliphatic rings. The van der Waals surface area contributed by atoms with Gasteiger partial charge in [0.2, 0.25) is 11.8 Å². The molecule has 0 N–H and O–H groups in total. The van der Waals surface area contributed by atoms with Gasteiger partial charge < -0.3 is 9.80 Å². The number of likely N-dealkylation sites (tertiary alicyclic amines) is 1. The van der Waals surface area contributed by atoms with E-state index in [4.69, 9.17) is 23.2 Å². The first-order chi connectivity index (χ1) is 15.4. The van der Waals surface area contributed by atoms with Gasteiger partial charge in [-0.1, -0.05) is 35.3 Å². The number of Topliss-reactive ketones (excluding diaryl/α,β-unsaturated/α-hetero) is 1. The van der Waals surface area contributed by atoms with Crippen LogP contribution in [0.3, 0.4) is 0 Å². The number of piperidine rings is 1. The van der Waals surface area contributed by atoms with Crippen LogP contribution in [0.5, 0.6) is 0 Å². The number of amides is 2. The Morgan fingerprint density at radius 3 is 2.28 bits per heavy atom. The highest BCUT2D eigenvalue weighted by Crippen LogP contribution is 2.27. The lowest BCUT2D eigenvalue weighted by atomic mass is 9.89. The maximum atomic E-state index is 12.7. The van der Waals surface area contributed by atoms with Crippen molar-refractivity contribution in [2.45, 2.75) is 25.7 Å². The second-order valence-corrected chi connectivity index (χ2v) is 8.98. The third kappa shape index (κ3) is 5.05. The number of nitrogens with zero attached hydrogens (tertiary/aromatic N) is 2. The Morgan fingerprint density at radius 1 is 0.938 bits per heavy atom. The summed E-state index contributed by atoms with van der Waals surface area (Å²) < 4.78 is 0. The monoisotopic (exact) mass is 470 g/mol. The molecule has 2 amide bonds. The summed E-state index contributed by atoms with van der Waals surface area (Å²) in [4.78, 5) is 40.8. The molecule has 166 valence electrons. The van der Waals surface area contributed by atoms with Gasteiger partial charge in [0, 0.05) is 49.3 Å². The molecule has 0 saturated carbocycles. The SMILES string of the molecule is O=C(c1ccc(Cl)c(Cl)c1)C1CCN(C(=O)C=Cc2ccc(N3CCCC3=O)cc2)CC1. The maximum absolute atomic E-state index is 12.7. The summed E-state index contributed by atoms with van der Waals surface area (Å²) in [5, 5.41) is 0.796. The Bertz CT molecular complexity index is 1060. The molecule has 5 nitrogen and oxygen atoms in total. The lowest BCUT2D eigenvalue weighted by Gasteiger charge is -2.30. The predicted octanol–water partition coefficient (Wildman–Crippen LogP) is 5.25.